The van der Waals surface area contributed by atoms with Crippen molar-refractivity contribution in [3.8, 4) is 11.6 Å². The molecule has 168 valence electrons. The number of aromatic nitrogens is 4. The Morgan fingerprint density at radius 3 is 2.55 bits per heavy atom. The summed E-state index contributed by atoms with van der Waals surface area (Å²) in [7, 11) is 0. The van der Waals surface area contributed by atoms with Crippen LogP contribution >= 0.6 is 15.9 Å². The molecule has 2 heterocycles. The standard InChI is InChI=1S/C24H22BrN5O3/c1-14-11-18(25)9-10-20(14)30-23(32)19(22(31)27-24(30)33)12-26-21-15(2)28-29(16(21)3)13-17-7-5-4-6-8-17/h4-12,32H,13H2,1-3H3,(H,27,31,33). The predicted molar refractivity (Wildman–Crippen MR) is 131 cm³/mol. The van der Waals surface area contributed by atoms with Crippen LogP contribution in [0.5, 0.6) is 5.88 Å². The molecule has 33 heavy (non-hydrogen) atoms. The Labute approximate surface area is 198 Å². The highest BCUT2D eigenvalue weighted by Crippen LogP contribution is 2.25. The van der Waals surface area contributed by atoms with Gasteiger partial charge in [0.25, 0.3) is 5.56 Å². The Morgan fingerprint density at radius 1 is 1.12 bits per heavy atom. The Bertz CT molecular complexity index is 1480. The van der Waals surface area contributed by atoms with Crippen molar-refractivity contribution in [3.63, 3.8) is 0 Å². The third kappa shape index (κ3) is 4.45. The number of aryl methyl sites for hydroxylation is 2. The number of hydrogen-bond acceptors (Lipinski definition) is 5. The average molecular weight is 508 g/mol. The van der Waals surface area contributed by atoms with Gasteiger partial charge in [-0.25, -0.2) is 9.36 Å². The molecule has 0 unspecified atom stereocenters. The maximum Gasteiger partial charge on any atom is 0.335 e. The van der Waals surface area contributed by atoms with Gasteiger partial charge in [-0.3, -0.25) is 19.5 Å². The zero-order valence-electron chi connectivity index (χ0n) is 18.3. The number of aliphatic imine (C=N–C) groups is 1. The van der Waals surface area contributed by atoms with Crippen molar-refractivity contribution >= 4 is 27.8 Å². The lowest BCUT2D eigenvalue weighted by atomic mass is 10.2. The molecule has 9 heteroatoms. The molecule has 0 radical (unpaired) electrons. The smallest absolute Gasteiger partial charge is 0.335 e. The second kappa shape index (κ2) is 9.03. The highest BCUT2D eigenvalue weighted by Gasteiger charge is 2.17. The second-order valence-corrected chi connectivity index (χ2v) is 8.60. The van der Waals surface area contributed by atoms with Gasteiger partial charge >= 0.3 is 5.69 Å². The molecule has 0 atom stereocenters. The van der Waals surface area contributed by atoms with Crippen molar-refractivity contribution in [2.45, 2.75) is 27.3 Å². The van der Waals surface area contributed by atoms with Crippen LogP contribution in [0, 0.1) is 20.8 Å². The second-order valence-electron chi connectivity index (χ2n) is 7.68. The van der Waals surface area contributed by atoms with Crippen molar-refractivity contribution < 1.29 is 5.11 Å². The van der Waals surface area contributed by atoms with E-state index >= 15 is 0 Å². The van der Waals surface area contributed by atoms with Crippen LogP contribution in [0.4, 0.5) is 5.69 Å². The average Bonchev–Trinajstić information content (AvgIpc) is 3.02. The normalized spacial score (nSPS) is 11.4. The minimum absolute atomic E-state index is 0.119. The summed E-state index contributed by atoms with van der Waals surface area (Å²) >= 11 is 3.38. The van der Waals surface area contributed by atoms with Gasteiger partial charge in [0, 0.05) is 10.7 Å². The van der Waals surface area contributed by atoms with E-state index in [2.05, 4.69) is 31.0 Å². The Kier molecular flexibility index (Phi) is 6.15. The molecule has 0 saturated heterocycles. The number of H-pyrrole nitrogens is 1. The first-order valence-corrected chi connectivity index (χ1v) is 11.0. The highest BCUT2D eigenvalue weighted by atomic mass is 79.9. The molecule has 2 aromatic carbocycles. The number of hydrogen-bond donors (Lipinski definition) is 2. The summed E-state index contributed by atoms with van der Waals surface area (Å²) in [6, 6.07) is 15.2. The van der Waals surface area contributed by atoms with Gasteiger partial charge in [0.15, 0.2) is 0 Å². The number of aromatic hydroxyl groups is 1. The van der Waals surface area contributed by atoms with Gasteiger partial charge in [-0.1, -0.05) is 46.3 Å². The van der Waals surface area contributed by atoms with Gasteiger partial charge in [0.1, 0.15) is 11.3 Å². The van der Waals surface area contributed by atoms with E-state index < -0.39 is 17.1 Å². The minimum Gasteiger partial charge on any atom is -0.493 e. The number of aromatic amines is 1. The van der Waals surface area contributed by atoms with Crippen LogP contribution in [0.3, 0.4) is 0 Å². The van der Waals surface area contributed by atoms with Crippen molar-refractivity contribution in [1.82, 2.24) is 19.3 Å². The van der Waals surface area contributed by atoms with E-state index in [1.54, 1.807) is 19.1 Å². The molecule has 2 N–H and O–H groups in total. The molecule has 0 bridgehead atoms. The van der Waals surface area contributed by atoms with Gasteiger partial charge < -0.3 is 5.11 Å². The molecule has 0 aliphatic heterocycles. The van der Waals surface area contributed by atoms with Crippen molar-refractivity contribution in [1.29, 1.82) is 0 Å². The minimum atomic E-state index is -0.733. The SMILES string of the molecule is Cc1cc(Br)ccc1-n1c(O)c(C=Nc2c(C)nn(Cc3ccccc3)c2C)c(=O)[nH]c1=O. The molecule has 2 aromatic heterocycles. The number of halogens is 1. The molecule has 0 spiro atoms. The predicted octanol–water partition coefficient (Wildman–Crippen LogP) is 3.91. The lowest BCUT2D eigenvalue weighted by Crippen LogP contribution is -2.31. The molecule has 0 fully saturated rings. The van der Waals surface area contributed by atoms with Gasteiger partial charge in [-0.2, -0.15) is 5.10 Å². The van der Waals surface area contributed by atoms with Crippen molar-refractivity contribution in [3.05, 3.63) is 102 Å². The van der Waals surface area contributed by atoms with Crippen LogP contribution in [-0.2, 0) is 6.54 Å². The molecule has 0 saturated carbocycles. The summed E-state index contributed by atoms with van der Waals surface area (Å²) in [6.07, 6.45) is 1.27. The molecule has 4 rings (SSSR count). The molecule has 4 aromatic rings. The van der Waals surface area contributed by atoms with E-state index in [1.807, 2.05) is 54.9 Å². The Hall–Kier alpha value is -3.72. The summed E-state index contributed by atoms with van der Waals surface area (Å²) in [5.74, 6) is -0.482. The number of nitrogens with one attached hydrogen (secondary N) is 1. The monoisotopic (exact) mass is 507 g/mol. The lowest BCUT2D eigenvalue weighted by Gasteiger charge is -2.12. The van der Waals surface area contributed by atoms with Gasteiger partial charge in [0.2, 0.25) is 5.88 Å². The summed E-state index contributed by atoms with van der Waals surface area (Å²) in [4.78, 5) is 31.7. The molecular formula is C24H22BrN5O3. The van der Waals surface area contributed by atoms with Crippen LogP contribution in [0.25, 0.3) is 5.69 Å². The van der Waals surface area contributed by atoms with E-state index in [9.17, 15) is 14.7 Å². The fourth-order valence-corrected chi connectivity index (χ4v) is 4.14. The third-order valence-electron chi connectivity index (χ3n) is 5.36. The van der Waals surface area contributed by atoms with Gasteiger partial charge in [-0.15, -0.1) is 0 Å². The highest BCUT2D eigenvalue weighted by molar-refractivity contribution is 9.10. The largest absolute Gasteiger partial charge is 0.493 e. The van der Waals surface area contributed by atoms with Gasteiger partial charge in [-0.05, 0) is 50.1 Å². The molecular weight excluding hydrogens is 486 g/mol. The first-order chi connectivity index (χ1) is 15.8. The molecule has 0 aliphatic rings. The van der Waals surface area contributed by atoms with Crippen LogP contribution in [0.2, 0.25) is 0 Å². The summed E-state index contributed by atoms with van der Waals surface area (Å²) in [5, 5.41) is 15.4. The quantitative estimate of drug-likeness (QED) is 0.399. The van der Waals surface area contributed by atoms with Crippen LogP contribution in [-0.4, -0.2) is 30.7 Å². The maximum absolute atomic E-state index is 12.5. The first-order valence-electron chi connectivity index (χ1n) is 10.2. The molecule has 8 nitrogen and oxygen atoms in total. The zero-order chi connectivity index (χ0) is 23.7. The number of nitrogens with zero attached hydrogens (tertiary/aromatic N) is 4. The Balaban J connectivity index is 1.75. The van der Waals surface area contributed by atoms with Crippen LogP contribution < -0.4 is 11.2 Å². The van der Waals surface area contributed by atoms with E-state index in [0.717, 1.165) is 25.9 Å². The summed E-state index contributed by atoms with van der Waals surface area (Å²) in [6.45, 7) is 6.12. The van der Waals surface area contributed by atoms with E-state index in [4.69, 9.17) is 0 Å². The fourth-order valence-electron chi connectivity index (χ4n) is 3.66. The van der Waals surface area contributed by atoms with E-state index in [-0.39, 0.29) is 5.56 Å². The number of rotatable bonds is 5. The van der Waals surface area contributed by atoms with E-state index in [1.165, 1.54) is 6.21 Å². The van der Waals surface area contributed by atoms with Crippen molar-refractivity contribution in [2.24, 2.45) is 4.99 Å². The van der Waals surface area contributed by atoms with E-state index in [0.29, 0.717) is 23.6 Å². The topological polar surface area (TPSA) is 105 Å². The maximum atomic E-state index is 12.5. The van der Waals surface area contributed by atoms with Crippen LogP contribution in [0.15, 0.2) is 67.6 Å². The third-order valence-corrected chi connectivity index (χ3v) is 5.86. The molecule has 0 aliphatic carbocycles. The summed E-state index contributed by atoms with van der Waals surface area (Å²) in [5.41, 5.74) is 2.83. The van der Waals surface area contributed by atoms with Crippen LogP contribution in [0.1, 0.15) is 28.1 Å². The first kappa shape index (κ1) is 22.5. The molecule has 0 amide bonds. The lowest BCUT2D eigenvalue weighted by molar-refractivity contribution is 0.430. The van der Waals surface area contributed by atoms with Gasteiger partial charge in [0.05, 0.1) is 23.6 Å². The Morgan fingerprint density at radius 2 is 1.85 bits per heavy atom. The number of benzene rings is 2. The summed E-state index contributed by atoms with van der Waals surface area (Å²) < 4.78 is 3.73. The van der Waals surface area contributed by atoms with Crippen molar-refractivity contribution in [2.75, 3.05) is 0 Å². The zero-order valence-corrected chi connectivity index (χ0v) is 19.9. The fraction of sp³-hybridized carbons (Fsp3) is 0.167.